The molecule has 1 saturated heterocycles. The van der Waals surface area contributed by atoms with Gasteiger partial charge in [0.25, 0.3) is 5.91 Å². The van der Waals surface area contributed by atoms with E-state index in [1.807, 2.05) is 80.1 Å². The molecule has 0 radical (unpaired) electrons. The number of anilines is 1. The van der Waals surface area contributed by atoms with Crippen molar-refractivity contribution in [1.82, 2.24) is 19.4 Å². The number of imidazole rings is 1. The lowest BCUT2D eigenvalue weighted by atomic mass is 10.0. The summed E-state index contributed by atoms with van der Waals surface area (Å²) in [4.78, 5) is 24.4. The monoisotopic (exact) mass is 524 g/mol. The summed E-state index contributed by atoms with van der Waals surface area (Å²) < 4.78 is 7.72. The Morgan fingerprint density at radius 2 is 1.92 bits per heavy atom. The molecule has 0 saturated carbocycles. The molecule has 39 heavy (non-hydrogen) atoms. The first-order valence-electron chi connectivity index (χ1n) is 13.5. The zero-order valence-electron chi connectivity index (χ0n) is 22.8. The molecule has 8 nitrogen and oxygen atoms in total. The predicted molar refractivity (Wildman–Crippen MR) is 154 cm³/mol. The standard InChI is InChI=1S/C31H36N6O2/c1-21(2)39-29-8-6-24(7-9-29)25-10-11-33-30(15-25)31(38)35-27-13-23(18-36-12-4-5-26(32)19-36)14-28(16-27)37-17-22(3)34-20-37/h6-11,13-17,20-21,26H,4-5,12,18-19,32H2,1-3H3,(H,35,38)/t26-/m0/s1. The molecule has 0 unspecified atom stereocenters. The zero-order chi connectivity index (χ0) is 27.4. The molecule has 1 fully saturated rings. The third kappa shape index (κ3) is 6.90. The van der Waals surface area contributed by atoms with Gasteiger partial charge in [-0.2, -0.15) is 0 Å². The number of pyridine rings is 1. The van der Waals surface area contributed by atoms with Crippen LogP contribution in [0.1, 0.15) is 48.4 Å². The second kappa shape index (κ2) is 11.8. The Hall–Kier alpha value is -4.01. The number of piperidine rings is 1. The smallest absolute Gasteiger partial charge is 0.274 e. The minimum Gasteiger partial charge on any atom is -0.491 e. The summed E-state index contributed by atoms with van der Waals surface area (Å²) in [7, 11) is 0. The quantitative estimate of drug-likeness (QED) is 0.329. The van der Waals surface area contributed by atoms with Gasteiger partial charge in [-0.25, -0.2) is 4.98 Å². The normalized spacial score (nSPS) is 15.9. The number of nitrogens with one attached hydrogen (secondary N) is 1. The minimum atomic E-state index is -0.262. The molecule has 2 aromatic carbocycles. The van der Waals surface area contributed by atoms with E-state index in [0.717, 1.165) is 66.3 Å². The number of hydrogen-bond donors (Lipinski definition) is 2. The Bertz CT molecular complexity index is 1430. The molecule has 202 valence electrons. The molecular formula is C31H36N6O2. The summed E-state index contributed by atoms with van der Waals surface area (Å²) in [5.74, 6) is 0.553. The second-order valence-corrected chi connectivity index (χ2v) is 10.5. The topological polar surface area (TPSA) is 98.3 Å². The van der Waals surface area contributed by atoms with E-state index < -0.39 is 0 Å². The average Bonchev–Trinajstić information content (AvgIpc) is 3.35. The summed E-state index contributed by atoms with van der Waals surface area (Å²) in [6.45, 7) is 8.62. The van der Waals surface area contributed by atoms with Gasteiger partial charge in [0.2, 0.25) is 0 Å². The fourth-order valence-corrected chi connectivity index (χ4v) is 4.97. The number of likely N-dealkylation sites (tertiary alicyclic amines) is 1. The number of nitrogens with two attached hydrogens (primary N) is 1. The van der Waals surface area contributed by atoms with Crippen LogP contribution in [0.4, 0.5) is 5.69 Å². The molecule has 8 heteroatoms. The van der Waals surface area contributed by atoms with E-state index >= 15 is 0 Å². The van der Waals surface area contributed by atoms with Gasteiger partial charge in [0.05, 0.1) is 18.1 Å². The highest BCUT2D eigenvalue weighted by molar-refractivity contribution is 6.03. The lowest BCUT2D eigenvalue weighted by molar-refractivity contribution is 0.102. The minimum absolute atomic E-state index is 0.112. The highest BCUT2D eigenvalue weighted by Gasteiger charge is 2.18. The summed E-state index contributed by atoms with van der Waals surface area (Å²) >= 11 is 0. The van der Waals surface area contributed by atoms with Crippen molar-refractivity contribution in [2.24, 2.45) is 5.73 Å². The van der Waals surface area contributed by atoms with E-state index in [9.17, 15) is 4.79 Å². The van der Waals surface area contributed by atoms with Gasteiger partial charge in [0, 0.05) is 42.9 Å². The van der Waals surface area contributed by atoms with Gasteiger partial charge in [0.1, 0.15) is 11.4 Å². The molecule has 1 aliphatic rings. The van der Waals surface area contributed by atoms with Crippen LogP contribution in [0.15, 0.2) is 73.3 Å². The summed E-state index contributed by atoms with van der Waals surface area (Å²) in [5, 5.41) is 3.07. The Morgan fingerprint density at radius 3 is 2.64 bits per heavy atom. The van der Waals surface area contributed by atoms with E-state index in [1.165, 1.54) is 0 Å². The lowest BCUT2D eigenvalue weighted by Crippen LogP contribution is -2.42. The van der Waals surface area contributed by atoms with E-state index in [2.05, 4.69) is 26.3 Å². The van der Waals surface area contributed by atoms with Crippen molar-refractivity contribution in [2.45, 2.75) is 52.3 Å². The van der Waals surface area contributed by atoms with E-state index in [-0.39, 0.29) is 18.1 Å². The SMILES string of the molecule is Cc1cn(-c2cc(CN3CCC[C@H](N)C3)cc(NC(=O)c3cc(-c4ccc(OC(C)C)cc4)ccn3)c2)cn1. The molecular weight excluding hydrogens is 488 g/mol. The van der Waals surface area contributed by atoms with Crippen LogP contribution in [0.25, 0.3) is 16.8 Å². The van der Waals surface area contributed by atoms with Crippen LogP contribution in [0.3, 0.4) is 0 Å². The fraction of sp³-hybridized carbons (Fsp3) is 0.323. The molecule has 4 aromatic rings. The van der Waals surface area contributed by atoms with Crippen molar-refractivity contribution >= 4 is 11.6 Å². The fourth-order valence-electron chi connectivity index (χ4n) is 4.97. The predicted octanol–water partition coefficient (Wildman–Crippen LogP) is 5.21. The largest absolute Gasteiger partial charge is 0.491 e. The molecule has 3 N–H and O–H groups in total. The highest BCUT2D eigenvalue weighted by Crippen LogP contribution is 2.25. The van der Waals surface area contributed by atoms with E-state index in [0.29, 0.717) is 11.4 Å². The summed E-state index contributed by atoms with van der Waals surface area (Å²) in [5.41, 5.74) is 12.2. The van der Waals surface area contributed by atoms with Crippen molar-refractivity contribution in [3.63, 3.8) is 0 Å². The van der Waals surface area contributed by atoms with Gasteiger partial charge in [-0.1, -0.05) is 12.1 Å². The number of aromatic nitrogens is 3. The first-order valence-corrected chi connectivity index (χ1v) is 13.5. The molecule has 1 amide bonds. The van der Waals surface area contributed by atoms with Crippen LogP contribution < -0.4 is 15.8 Å². The van der Waals surface area contributed by atoms with Gasteiger partial charge in [-0.05, 0) is 99.3 Å². The average molecular weight is 525 g/mol. The Kier molecular flexibility index (Phi) is 8.05. The number of aryl methyl sites for hydroxylation is 1. The number of ether oxygens (including phenoxy) is 1. The Morgan fingerprint density at radius 1 is 1.10 bits per heavy atom. The number of carbonyl (C=O) groups excluding carboxylic acids is 1. The van der Waals surface area contributed by atoms with E-state index in [1.54, 1.807) is 12.5 Å². The maximum absolute atomic E-state index is 13.3. The summed E-state index contributed by atoms with van der Waals surface area (Å²) in [6.07, 6.45) is 7.71. The molecule has 0 aliphatic carbocycles. The van der Waals surface area contributed by atoms with Crippen LogP contribution in [-0.4, -0.2) is 50.6 Å². The molecule has 3 heterocycles. The maximum atomic E-state index is 13.3. The molecule has 0 bridgehead atoms. The molecule has 0 spiro atoms. The number of carbonyl (C=O) groups is 1. The number of amides is 1. The van der Waals surface area contributed by atoms with Gasteiger partial charge < -0.3 is 20.4 Å². The van der Waals surface area contributed by atoms with Crippen molar-refractivity contribution in [3.8, 4) is 22.6 Å². The van der Waals surface area contributed by atoms with Crippen molar-refractivity contribution in [1.29, 1.82) is 0 Å². The van der Waals surface area contributed by atoms with Crippen molar-refractivity contribution in [2.75, 3.05) is 18.4 Å². The van der Waals surface area contributed by atoms with Crippen LogP contribution in [0.5, 0.6) is 5.75 Å². The van der Waals surface area contributed by atoms with E-state index in [4.69, 9.17) is 10.5 Å². The van der Waals surface area contributed by atoms with Crippen LogP contribution in [0.2, 0.25) is 0 Å². The highest BCUT2D eigenvalue weighted by atomic mass is 16.5. The lowest BCUT2D eigenvalue weighted by Gasteiger charge is -2.30. The van der Waals surface area contributed by atoms with Crippen LogP contribution in [-0.2, 0) is 6.54 Å². The Labute approximate surface area is 229 Å². The third-order valence-corrected chi connectivity index (χ3v) is 6.75. The molecule has 1 aliphatic heterocycles. The van der Waals surface area contributed by atoms with Gasteiger partial charge in [-0.15, -0.1) is 0 Å². The number of rotatable bonds is 8. The maximum Gasteiger partial charge on any atom is 0.274 e. The van der Waals surface area contributed by atoms with Gasteiger partial charge >= 0.3 is 0 Å². The van der Waals surface area contributed by atoms with Gasteiger partial charge in [0.15, 0.2) is 0 Å². The van der Waals surface area contributed by atoms with Crippen LogP contribution in [0, 0.1) is 6.92 Å². The number of benzene rings is 2. The number of hydrogen-bond acceptors (Lipinski definition) is 6. The first kappa shape index (κ1) is 26.6. The van der Waals surface area contributed by atoms with Gasteiger partial charge in [-0.3, -0.25) is 14.7 Å². The first-order chi connectivity index (χ1) is 18.8. The summed E-state index contributed by atoms with van der Waals surface area (Å²) in [6, 6.07) is 17.9. The molecule has 2 aromatic heterocycles. The van der Waals surface area contributed by atoms with Crippen molar-refractivity contribution < 1.29 is 9.53 Å². The number of nitrogens with zero attached hydrogens (tertiary/aromatic N) is 4. The van der Waals surface area contributed by atoms with Crippen molar-refractivity contribution in [3.05, 3.63) is 90.3 Å². The van der Waals surface area contributed by atoms with Crippen LogP contribution >= 0.6 is 0 Å². The molecule has 5 rings (SSSR count). The third-order valence-electron chi connectivity index (χ3n) is 6.75. The Balaban J connectivity index is 1.37. The second-order valence-electron chi connectivity index (χ2n) is 10.5. The molecule has 1 atom stereocenters. The zero-order valence-corrected chi connectivity index (χ0v) is 22.8.